The van der Waals surface area contributed by atoms with Crippen molar-refractivity contribution in [2.75, 3.05) is 12.4 Å². The molecule has 0 unspecified atom stereocenters. The number of nitrogens with zero attached hydrogens (tertiary/aromatic N) is 1. The lowest BCUT2D eigenvalue weighted by atomic mass is 10.2. The molecule has 1 heterocycles. The van der Waals surface area contributed by atoms with Crippen molar-refractivity contribution in [2.24, 2.45) is 0 Å². The summed E-state index contributed by atoms with van der Waals surface area (Å²) in [5.41, 5.74) is 1.42. The van der Waals surface area contributed by atoms with Crippen LogP contribution >= 0.6 is 11.6 Å². The van der Waals surface area contributed by atoms with Crippen LogP contribution < -0.4 is 10.1 Å². The van der Waals surface area contributed by atoms with Gasteiger partial charge in [-0.05, 0) is 48.0 Å². The van der Waals surface area contributed by atoms with E-state index in [2.05, 4.69) is 10.3 Å². The van der Waals surface area contributed by atoms with E-state index in [9.17, 15) is 8.42 Å². The second-order valence-corrected chi connectivity index (χ2v) is 8.92. The minimum atomic E-state index is -3.91. The minimum absolute atomic E-state index is 0.0505. The van der Waals surface area contributed by atoms with Crippen LogP contribution in [0.25, 0.3) is 11.5 Å². The summed E-state index contributed by atoms with van der Waals surface area (Å²) in [6.45, 7) is 0.272. The van der Waals surface area contributed by atoms with E-state index in [1.807, 2.05) is 18.2 Å². The average Bonchev–Trinajstić information content (AvgIpc) is 3.24. The van der Waals surface area contributed by atoms with Crippen LogP contribution in [0.1, 0.15) is 5.56 Å². The molecular weight excluding hydrogens is 436 g/mol. The first kappa shape index (κ1) is 21.0. The zero-order valence-electron chi connectivity index (χ0n) is 16.6. The summed E-state index contributed by atoms with van der Waals surface area (Å²) in [4.78, 5) is 4.46. The van der Waals surface area contributed by atoms with Crippen LogP contribution in [0, 0.1) is 0 Å². The van der Waals surface area contributed by atoms with Gasteiger partial charge in [0.1, 0.15) is 5.75 Å². The number of hydrogen-bond donors (Lipinski definition) is 1. The molecule has 0 bridgehead atoms. The van der Waals surface area contributed by atoms with E-state index in [1.165, 1.54) is 12.1 Å². The monoisotopic (exact) mass is 454 g/mol. The standard InChI is InChI=1S/C23H19ClN2O4S/c1-29-18-13-11-16(12-14-18)21-26-23(31(27,28)19-8-3-2-4-9-19)22(30-21)25-15-17-7-5-6-10-20(17)24/h2-14,25H,15H2,1H3. The van der Waals surface area contributed by atoms with E-state index in [-0.39, 0.29) is 28.2 Å². The van der Waals surface area contributed by atoms with Crippen molar-refractivity contribution in [1.29, 1.82) is 0 Å². The number of rotatable bonds is 7. The number of nitrogens with one attached hydrogen (secondary N) is 1. The van der Waals surface area contributed by atoms with Crippen molar-refractivity contribution in [2.45, 2.75) is 16.5 Å². The van der Waals surface area contributed by atoms with Crippen LogP contribution in [0.3, 0.4) is 0 Å². The molecule has 1 aromatic heterocycles. The molecule has 0 atom stereocenters. The largest absolute Gasteiger partial charge is 0.497 e. The fourth-order valence-electron chi connectivity index (χ4n) is 2.99. The Morgan fingerprint density at radius 3 is 2.32 bits per heavy atom. The van der Waals surface area contributed by atoms with Crippen LogP contribution in [0.4, 0.5) is 5.88 Å². The van der Waals surface area contributed by atoms with Gasteiger partial charge >= 0.3 is 0 Å². The lowest BCUT2D eigenvalue weighted by molar-refractivity contribution is 0.415. The fourth-order valence-corrected chi connectivity index (χ4v) is 4.49. The Labute approximate surface area is 185 Å². The quantitative estimate of drug-likeness (QED) is 0.400. The van der Waals surface area contributed by atoms with Crippen molar-refractivity contribution in [3.05, 3.63) is 89.4 Å². The highest BCUT2D eigenvalue weighted by atomic mass is 35.5. The molecule has 6 nitrogen and oxygen atoms in total. The van der Waals surface area contributed by atoms with Gasteiger partial charge in [-0.3, -0.25) is 0 Å². The Morgan fingerprint density at radius 1 is 0.968 bits per heavy atom. The van der Waals surface area contributed by atoms with E-state index in [0.29, 0.717) is 16.3 Å². The molecule has 4 rings (SSSR count). The van der Waals surface area contributed by atoms with Crippen molar-refractivity contribution in [3.8, 4) is 17.2 Å². The second kappa shape index (κ2) is 8.83. The summed E-state index contributed by atoms with van der Waals surface area (Å²) in [6, 6.07) is 22.4. The van der Waals surface area contributed by atoms with Crippen molar-refractivity contribution in [1.82, 2.24) is 4.98 Å². The number of methoxy groups -OCH3 is 1. The van der Waals surface area contributed by atoms with Gasteiger partial charge in [0.05, 0.1) is 12.0 Å². The number of ether oxygens (including phenoxy) is 1. The first-order chi connectivity index (χ1) is 15.0. The first-order valence-electron chi connectivity index (χ1n) is 9.41. The van der Waals surface area contributed by atoms with Crippen LogP contribution in [-0.4, -0.2) is 20.5 Å². The maximum Gasteiger partial charge on any atom is 0.234 e. The second-order valence-electron chi connectivity index (χ2n) is 6.64. The highest BCUT2D eigenvalue weighted by Crippen LogP contribution is 2.33. The molecule has 8 heteroatoms. The van der Waals surface area contributed by atoms with E-state index in [0.717, 1.165) is 5.56 Å². The summed E-state index contributed by atoms with van der Waals surface area (Å²) >= 11 is 6.23. The van der Waals surface area contributed by atoms with Crippen molar-refractivity contribution in [3.63, 3.8) is 0 Å². The summed E-state index contributed by atoms with van der Waals surface area (Å²) in [6.07, 6.45) is 0. The molecule has 0 amide bonds. The Kier molecular flexibility index (Phi) is 5.97. The van der Waals surface area contributed by atoms with Gasteiger partial charge in [-0.2, -0.15) is 4.98 Å². The Morgan fingerprint density at radius 2 is 1.65 bits per heavy atom. The predicted molar refractivity (Wildman–Crippen MR) is 119 cm³/mol. The lowest BCUT2D eigenvalue weighted by Gasteiger charge is -2.07. The van der Waals surface area contributed by atoms with Gasteiger partial charge in [0, 0.05) is 17.1 Å². The molecule has 0 aliphatic rings. The third-order valence-corrected chi connectivity index (χ3v) is 6.69. The van der Waals surface area contributed by atoms with Gasteiger partial charge < -0.3 is 14.5 Å². The molecule has 0 fully saturated rings. The molecule has 0 aliphatic carbocycles. The molecule has 0 saturated carbocycles. The van der Waals surface area contributed by atoms with Crippen LogP contribution in [0.5, 0.6) is 5.75 Å². The van der Waals surface area contributed by atoms with E-state index in [1.54, 1.807) is 55.6 Å². The SMILES string of the molecule is COc1ccc(-c2nc(S(=O)(=O)c3ccccc3)c(NCc3ccccc3Cl)o2)cc1. The number of anilines is 1. The Balaban J connectivity index is 1.75. The maximum atomic E-state index is 13.3. The number of halogens is 1. The summed E-state index contributed by atoms with van der Waals surface area (Å²) < 4.78 is 37.6. The smallest absolute Gasteiger partial charge is 0.234 e. The van der Waals surface area contributed by atoms with Gasteiger partial charge in [-0.15, -0.1) is 0 Å². The zero-order valence-corrected chi connectivity index (χ0v) is 18.2. The predicted octanol–water partition coefficient (Wildman–Crippen LogP) is 5.45. The highest BCUT2D eigenvalue weighted by molar-refractivity contribution is 7.91. The van der Waals surface area contributed by atoms with E-state index in [4.69, 9.17) is 20.8 Å². The van der Waals surface area contributed by atoms with Crippen molar-refractivity contribution < 1.29 is 17.6 Å². The topological polar surface area (TPSA) is 81.4 Å². The summed E-state index contributed by atoms with van der Waals surface area (Å²) in [5.74, 6) is 0.901. The van der Waals surface area contributed by atoms with Gasteiger partial charge in [0.2, 0.25) is 26.6 Å². The molecule has 0 aliphatic heterocycles. The average molecular weight is 455 g/mol. The molecule has 0 radical (unpaired) electrons. The maximum absolute atomic E-state index is 13.3. The summed E-state index contributed by atoms with van der Waals surface area (Å²) in [5, 5.41) is 3.42. The molecule has 1 N–H and O–H groups in total. The number of sulfone groups is 1. The number of hydrogen-bond acceptors (Lipinski definition) is 6. The number of oxazole rings is 1. The first-order valence-corrected chi connectivity index (χ1v) is 11.3. The highest BCUT2D eigenvalue weighted by Gasteiger charge is 2.28. The minimum Gasteiger partial charge on any atom is -0.497 e. The van der Waals surface area contributed by atoms with Crippen LogP contribution in [0.15, 0.2) is 93.2 Å². The molecule has 3 aromatic carbocycles. The molecule has 158 valence electrons. The number of aromatic nitrogens is 1. The summed E-state index contributed by atoms with van der Waals surface area (Å²) in [7, 11) is -2.34. The normalized spacial score (nSPS) is 11.3. The number of benzene rings is 3. The van der Waals surface area contributed by atoms with Gasteiger partial charge in [-0.1, -0.05) is 48.0 Å². The molecule has 0 saturated heterocycles. The van der Waals surface area contributed by atoms with Gasteiger partial charge in [-0.25, -0.2) is 8.42 Å². The molecule has 0 spiro atoms. The Bertz CT molecular complexity index is 1290. The van der Waals surface area contributed by atoms with Gasteiger partial charge in [0.25, 0.3) is 0 Å². The van der Waals surface area contributed by atoms with Crippen LogP contribution in [-0.2, 0) is 16.4 Å². The van der Waals surface area contributed by atoms with Gasteiger partial charge in [0.15, 0.2) is 0 Å². The molecule has 4 aromatic rings. The molecule has 31 heavy (non-hydrogen) atoms. The molecular formula is C23H19ClN2O4S. The van der Waals surface area contributed by atoms with E-state index >= 15 is 0 Å². The Hall–Kier alpha value is -3.29. The van der Waals surface area contributed by atoms with Crippen molar-refractivity contribution >= 4 is 27.3 Å². The van der Waals surface area contributed by atoms with E-state index < -0.39 is 9.84 Å². The third kappa shape index (κ3) is 4.42. The third-order valence-electron chi connectivity index (χ3n) is 4.64. The zero-order chi connectivity index (χ0) is 21.8. The fraction of sp³-hybridized carbons (Fsp3) is 0.0870. The van der Waals surface area contributed by atoms with Crippen LogP contribution in [0.2, 0.25) is 5.02 Å². The lowest BCUT2D eigenvalue weighted by Crippen LogP contribution is -2.07.